The summed E-state index contributed by atoms with van der Waals surface area (Å²) in [5.41, 5.74) is 1.36. The second-order valence-corrected chi connectivity index (χ2v) is 7.51. The van der Waals surface area contributed by atoms with Crippen molar-refractivity contribution in [3.05, 3.63) is 63.0 Å². The largest absolute Gasteiger partial charge is 0.316 e. The van der Waals surface area contributed by atoms with Crippen LogP contribution in [0.4, 0.5) is 0 Å². The van der Waals surface area contributed by atoms with Gasteiger partial charge in [-0.15, -0.1) is 11.8 Å². The maximum absolute atomic E-state index is 3.51. The Hall–Kier alpha value is -0.290. The van der Waals surface area contributed by atoms with Crippen LogP contribution < -0.4 is 5.32 Å². The molecule has 1 nitrogen and oxygen atoms in total. The van der Waals surface area contributed by atoms with Gasteiger partial charge >= 0.3 is 0 Å². The molecule has 0 aliphatic carbocycles. The third-order valence-corrected chi connectivity index (χ3v) is 5.23. The van der Waals surface area contributed by atoms with Crippen molar-refractivity contribution >= 4 is 43.6 Å². The first kappa shape index (κ1) is 16.1. The number of hydrogen-bond acceptors (Lipinski definition) is 2. The van der Waals surface area contributed by atoms with Gasteiger partial charge in [-0.2, -0.15) is 0 Å². The summed E-state index contributed by atoms with van der Waals surface area (Å²) in [5.74, 6) is 1.06. The fourth-order valence-corrected chi connectivity index (χ4v) is 3.78. The zero-order valence-corrected chi connectivity index (χ0v) is 15.3. The Labute approximate surface area is 141 Å². The van der Waals surface area contributed by atoms with Crippen molar-refractivity contribution in [2.75, 3.05) is 12.8 Å². The molecule has 2 aromatic rings. The van der Waals surface area contributed by atoms with E-state index in [-0.39, 0.29) is 0 Å². The highest BCUT2D eigenvalue weighted by molar-refractivity contribution is 9.10. The van der Waals surface area contributed by atoms with Gasteiger partial charge in [-0.05, 0) is 49.4 Å². The molecule has 2 aromatic carbocycles. The van der Waals surface area contributed by atoms with E-state index in [2.05, 4.69) is 85.7 Å². The average Bonchev–Trinajstić information content (AvgIpc) is 2.45. The van der Waals surface area contributed by atoms with Crippen molar-refractivity contribution in [1.82, 2.24) is 5.32 Å². The average molecular weight is 415 g/mol. The molecule has 1 N–H and O–H groups in total. The SMILES string of the molecule is CNC(CSc1cccc(Br)c1)Cc1ccc(Br)cc1. The van der Waals surface area contributed by atoms with Crippen molar-refractivity contribution in [3.63, 3.8) is 0 Å². The molecular formula is C16H17Br2NS. The van der Waals surface area contributed by atoms with Gasteiger partial charge in [-0.3, -0.25) is 0 Å². The van der Waals surface area contributed by atoms with Gasteiger partial charge in [-0.1, -0.05) is 50.1 Å². The van der Waals surface area contributed by atoms with E-state index in [1.54, 1.807) is 0 Å². The molecule has 0 saturated carbocycles. The van der Waals surface area contributed by atoms with Gasteiger partial charge in [0, 0.05) is 25.6 Å². The van der Waals surface area contributed by atoms with Crippen LogP contribution in [0, 0.1) is 0 Å². The minimum atomic E-state index is 0.472. The Morgan fingerprint density at radius 3 is 2.45 bits per heavy atom. The molecule has 4 heteroatoms. The molecule has 1 unspecified atom stereocenters. The first-order chi connectivity index (χ1) is 9.67. The summed E-state index contributed by atoms with van der Waals surface area (Å²) in [6.07, 6.45) is 1.05. The van der Waals surface area contributed by atoms with Crippen LogP contribution in [0.25, 0.3) is 0 Å². The van der Waals surface area contributed by atoms with E-state index in [0.29, 0.717) is 6.04 Å². The standard InChI is InChI=1S/C16H17Br2NS/c1-19-15(9-12-5-7-13(17)8-6-12)11-20-16-4-2-3-14(18)10-16/h2-8,10,15,19H,9,11H2,1H3. The summed E-state index contributed by atoms with van der Waals surface area (Å²) in [5, 5.41) is 3.41. The van der Waals surface area contributed by atoms with E-state index >= 15 is 0 Å². The quantitative estimate of drug-likeness (QED) is 0.657. The molecule has 0 aliphatic rings. The summed E-state index contributed by atoms with van der Waals surface area (Å²) < 4.78 is 2.27. The van der Waals surface area contributed by atoms with Crippen molar-refractivity contribution in [1.29, 1.82) is 0 Å². The van der Waals surface area contributed by atoms with Crippen molar-refractivity contribution in [2.45, 2.75) is 17.4 Å². The third-order valence-electron chi connectivity index (χ3n) is 3.05. The van der Waals surface area contributed by atoms with Crippen LogP contribution in [0.15, 0.2) is 62.4 Å². The van der Waals surface area contributed by atoms with E-state index in [1.807, 2.05) is 18.8 Å². The van der Waals surface area contributed by atoms with Crippen LogP contribution >= 0.6 is 43.6 Å². The molecule has 0 spiro atoms. The molecule has 0 aromatic heterocycles. The summed E-state index contributed by atoms with van der Waals surface area (Å²) in [4.78, 5) is 1.30. The molecule has 0 saturated heterocycles. The molecule has 20 heavy (non-hydrogen) atoms. The van der Waals surface area contributed by atoms with E-state index in [4.69, 9.17) is 0 Å². The molecule has 0 aliphatic heterocycles. The smallest absolute Gasteiger partial charge is 0.0199 e. The molecule has 0 heterocycles. The maximum atomic E-state index is 3.51. The Morgan fingerprint density at radius 2 is 1.80 bits per heavy atom. The number of thioether (sulfide) groups is 1. The van der Waals surface area contributed by atoms with E-state index in [0.717, 1.165) is 21.1 Å². The lowest BCUT2D eigenvalue weighted by Crippen LogP contribution is -2.30. The fourth-order valence-electron chi connectivity index (χ4n) is 1.90. The number of likely N-dealkylation sites (N-methyl/N-ethyl adjacent to an activating group) is 1. The van der Waals surface area contributed by atoms with Crippen molar-refractivity contribution in [3.8, 4) is 0 Å². The lowest BCUT2D eigenvalue weighted by atomic mass is 10.1. The first-order valence-corrected chi connectivity index (χ1v) is 9.04. The van der Waals surface area contributed by atoms with E-state index < -0.39 is 0 Å². The summed E-state index contributed by atoms with van der Waals surface area (Å²) >= 11 is 8.87. The Morgan fingerprint density at radius 1 is 1.05 bits per heavy atom. The van der Waals surface area contributed by atoms with Gasteiger partial charge in [-0.25, -0.2) is 0 Å². The predicted molar refractivity (Wildman–Crippen MR) is 95.6 cm³/mol. The summed E-state index contributed by atoms with van der Waals surface area (Å²) in [7, 11) is 2.03. The Bertz CT molecular complexity index is 542. The number of nitrogens with one attached hydrogen (secondary N) is 1. The molecular weight excluding hydrogens is 398 g/mol. The Kier molecular flexibility index (Phi) is 6.62. The lowest BCUT2D eigenvalue weighted by Gasteiger charge is -2.16. The van der Waals surface area contributed by atoms with Crippen LogP contribution in [0.5, 0.6) is 0 Å². The van der Waals surface area contributed by atoms with Gasteiger partial charge in [0.1, 0.15) is 0 Å². The molecule has 2 rings (SSSR count). The molecule has 0 amide bonds. The normalized spacial score (nSPS) is 12.3. The number of halogens is 2. The van der Waals surface area contributed by atoms with Gasteiger partial charge in [0.05, 0.1) is 0 Å². The fraction of sp³-hybridized carbons (Fsp3) is 0.250. The highest BCUT2D eigenvalue weighted by atomic mass is 79.9. The monoisotopic (exact) mass is 413 g/mol. The van der Waals surface area contributed by atoms with E-state index in [1.165, 1.54) is 10.5 Å². The zero-order chi connectivity index (χ0) is 14.4. The molecule has 106 valence electrons. The second-order valence-electron chi connectivity index (χ2n) is 4.58. The van der Waals surface area contributed by atoms with Gasteiger partial charge < -0.3 is 5.32 Å². The molecule has 0 bridgehead atoms. The van der Waals surface area contributed by atoms with E-state index in [9.17, 15) is 0 Å². The minimum Gasteiger partial charge on any atom is -0.316 e. The van der Waals surface area contributed by atoms with Crippen LogP contribution in [0.2, 0.25) is 0 Å². The highest BCUT2D eigenvalue weighted by Gasteiger charge is 2.08. The van der Waals surface area contributed by atoms with Crippen LogP contribution in [0.3, 0.4) is 0 Å². The van der Waals surface area contributed by atoms with Crippen LogP contribution in [-0.2, 0) is 6.42 Å². The molecule has 1 atom stereocenters. The van der Waals surface area contributed by atoms with Gasteiger partial charge in [0.2, 0.25) is 0 Å². The van der Waals surface area contributed by atoms with Gasteiger partial charge in [0.15, 0.2) is 0 Å². The zero-order valence-electron chi connectivity index (χ0n) is 11.3. The summed E-state index contributed by atoms with van der Waals surface area (Å²) in [6, 6.07) is 17.5. The van der Waals surface area contributed by atoms with Gasteiger partial charge in [0.25, 0.3) is 0 Å². The molecule has 0 radical (unpaired) electrons. The number of hydrogen-bond donors (Lipinski definition) is 1. The summed E-state index contributed by atoms with van der Waals surface area (Å²) in [6.45, 7) is 0. The predicted octanol–water partition coefficient (Wildman–Crippen LogP) is 5.13. The number of rotatable bonds is 6. The lowest BCUT2D eigenvalue weighted by molar-refractivity contribution is 0.617. The third kappa shape index (κ3) is 5.24. The van der Waals surface area contributed by atoms with Crippen molar-refractivity contribution in [2.24, 2.45) is 0 Å². The first-order valence-electron chi connectivity index (χ1n) is 6.47. The minimum absolute atomic E-state index is 0.472. The van der Waals surface area contributed by atoms with Crippen LogP contribution in [-0.4, -0.2) is 18.8 Å². The second kappa shape index (κ2) is 8.23. The van der Waals surface area contributed by atoms with Crippen molar-refractivity contribution < 1.29 is 0 Å². The highest BCUT2D eigenvalue weighted by Crippen LogP contribution is 2.23. The Balaban J connectivity index is 1.90. The topological polar surface area (TPSA) is 12.0 Å². The van der Waals surface area contributed by atoms with Crippen LogP contribution in [0.1, 0.15) is 5.56 Å². The molecule has 0 fully saturated rings. The maximum Gasteiger partial charge on any atom is 0.0199 e. The number of benzene rings is 2.